The number of hydrogen-bond acceptors (Lipinski definition) is 13. The number of carbonyl (C=O) groups is 4. The van der Waals surface area contributed by atoms with Gasteiger partial charge in [0, 0.05) is 82.8 Å². The molecule has 0 spiro atoms. The van der Waals surface area contributed by atoms with Gasteiger partial charge in [0.2, 0.25) is 0 Å². The number of aliphatic hydroxyl groups is 2. The van der Waals surface area contributed by atoms with Crippen LogP contribution in [0.3, 0.4) is 0 Å². The van der Waals surface area contributed by atoms with E-state index in [4.69, 9.17) is 25.3 Å². The van der Waals surface area contributed by atoms with Crippen molar-refractivity contribution in [1.82, 2.24) is 19.8 Å². The third-order valence-corrected chi connectivity index (χ3v) is 13.8. The Morgan fingerprint density at radius 1 is 0.658 bits per heavy atom. The number of carbonyl (C=O) groups excluding carboxylic acids is 3. The van der Waals surface area contributed by atoms with Crippen molar-refractivity contribution in [1.29, 1.82) is 0 Å². The monoisotopic (exact) mass is 1010 g/mol. The van der Waals surface area contributed by atoms with Gasteiger partial charge in [-0.25, -0.2) is 24.4 Å². The zero-order valence-corrected chi connectivity index (χ0v) is 43.6. The molecule has 2 aromatic heterocycles. The van der Waals surface area contributed by atoms with E-state index in [9.17, 15) is 29.4 Å². The topological polar surface area (TPSA) is 236 Å². The average molecular weight is 1010 g/mol. The number of benzene rings is 2. The predicted molar refractivity (Wildman–Crippen MR) is 286 cm³/mol. The van der Waals surface area contributed by atoms with Gasteiger partial charge in [0.05, 0.1) is 33.0 Å². The maximum Gasteiger partial charge on any atom is 0.354 e. The molecule has 4 atom stereocenters. The fourth-order valence-electron chi connectivity index (χ4n) is 9.12. The number of pyridine rings is 2. The number of anilines is 4. The van der Waals surface area contributed by atoms with Crippen LogP contribution in [0.4, 0.5) is 32.6 Å². The van der Waals surface area contributed by atoms with Gasteiger partial charge in [0.15, 0.2) is 11.5 Å². The standard InChI is InChI=1S/C28H38N4O4.C24H30N4O4.C3H9NO/c1-4-21-7-8-32(17-21)28(35)29-23-6-5-20(3)24(16-23)22-14-25(26(34)13-19(2)18-33)30-27(15-22)31-9-11-36-12-10-31;1-3-17-6-7-28(15-17)24(31)25-19-5-4-16(2)20(14-19)18-12-21(23(29)30)26-22(13-18)27-8-10-32-11-9-27;1-3(4)2-5/h5-6,14-16,19,21,33H,4,7-13,17-18H2,1-3H3,(H,29,35);4-5,12-14,17H,3,6-11,15H2,1-2H3,(H,25,31)(H,29,30);3,5H,2,4H2,1H3/t19-,21+;17-;3-/m011/s1. The number of urea groups is 2. The van der Waals surface area contributed by atoms with E-state index in [0.717, 1.165) is 96.7 Å². The molecular formula is C55H77N9O9. The van der Waals surface area contributed by atoms with E-state index in [1.165, 1.54) is 0 Å². The van der Waals surface area contributed by atoms with E-state index in [1.54, 1.807) is 13.0 Å². The van der Waals surface area contributed by atoms with E-state index in [-0.39, 0.29) is 55.1 Å². The molecule has 0 radical (unpaired) electrons. The minimum absolute atomic E-state index is 0.000467. The van der Waals surface area contributed by atoms with Crippen molar-refractivity contribution in [3.63, 3.8) is 0 Å². The highest BCUT2D eigenvalue weighted by Gasteiger charge is 2.27. The number of carboxylic acid groups (broad SMARTS) is 1. The average Bonchev–Trinajstić information content (AvgIpc) is 4.12. The summed E-state index contributed by atoms with van der Waals surface area (Å²) in [5.74, 6) is 1.22. The first kappa shape index (κ1) is 56.1. The molecule has 4 aromatic rings. The number of aromatic carboxylic acids is 1. The summed E-state index contributed by atoms with van der Waals surface area (Å²) in [6.45, 7) is 20.3. The fourth-order valence-corrected chi connectivity index (χ4v) is 9.12. The molecule has 4 saturated heterocycles. The largest absolute Gasteiger partial charge is 0.477 e. The van der Waals surface area contributed by atoms with Crippen molar-refractivity contribution in [3.05, 3.63) is 83.2 Å². The van der Waals surface area contributed by atoms with Crippen LogP contribution in [-0.4, -0.2) is 157 Å². The Bertz CT molecular complexity index is 2490. The molecule has 4 amide bonds. The van der Waals surface area contributed by atoms with Crippen molar-refractivity contribution in [2.75, 3.05) is 112 Å². The van der Waals surface area contributed by atoms with E-state index in [1.807, 2.05) is 90.1 Å². The summed E-state index contributed by atoms with van der Waals surface area (Å²) in [5.41, 5.74) is 12.4. The minimum atomic E-state index is -1.07. The fraction of sp³-hybridized carbons (Fsp3) is 0.527. The van der Waals surface area contributed by atoms with Crippen LogP contribution in [0.25, 0.3) is 22.3 Å². The lowest BCUT2D eigenvalue weighted by Gasteiger charge is -2.28. The predicted octanol–water partition coefficient (Wildman–Crippen LogP) is 7.54. The highest BCUT2D eigenvalue weighted by Crippen LogP contribution is 2.33. The number of aromatic nitrogens is 2. The lowest BCUT2D eigenvalue weighted by atomic mass is 9.97. The second-order valence-electron chi connectivity index (χ2n) is 19.7. The Morgan fingerprint density at radius 3 is 1.47 bits per heavy atom. The van der Waals surface area contributed by atoms with Crippen LogP contribution in [0, 0.1) is 31.6 Å². The molecule has 73 heavy (non-hydrogen) atoms. The van der Waals surface area contributed by atoms with Crippen molar-refractivity contribution < 1.29 is 44.0 Å². The second kappa shape index (κ2) is 27.2. The van der Waals surface area contributed by atoms with Gasteiger partial charge >= 0.3 is 18.0 Å². The van der Waals surface area contributed by atoms with Crippen LogP contribution in [-0.2, 0) is 9.47 Å². The number of rotatable bonds is 14. The molecule has 2 aromatic carbocycles. The molecule has 0 bridgehead atoms. The highest BCUT2D eigenvalue weighted by atomic mass is 16.5. The maximum absolute atomic E-state index is 13.0. The first-order valence-electron chi connectivity index (χ1n) is 25.9. The Kier molecular flexibility index (Phi) is 20.9. The maximum atomic E-state index is 13.0. The van der Waals surface area contributed by atoms with Gasteiger partial charge in [-0.05, 0) is 133 Å². The minimum Gasteiger partial charge on any atom is -0.477 e. The van der Waals surface area contributed by atoms with Crippen LogP contribution in [0.5, 0.6) is 0 Å². The van der Waals surface area contributed by atoms with Gasteiger partial charge in [0.25, 0.3) is 0 Å². The highest BCUT2D eigenvalue weighted by molar-refractivity contribution is 5.97. The van der Waals surface area contributed by atoms with E-state index in [2.05, 4.69) is 34.4 Å². The van der Waals surface area contributed by atoms with Crippen LogP contribution < -0.4 is 26.2 Å². The smallest absolute Gasteiger partial charge is 0.354 e. The number of Topliss-reactive ketones (excluding diaryl/α,β-unsaturated/α-hetero) is 1. The molecule has 396 valence electrons. The molecule has 18 nitrogen and oxygen atoms in total. The van der Waals surface area contributed by atoms with Crippen LogP contribution in [0.2, 0.25) is 0 Å². The molecule has 18 heteroatoms. The first-order chi connectivity index (χ1) is 35.1. The third-order valence-electron chi connectivity index (χ3n) is 13.8. The summed E-state index contributed by atoms with van der Waals surface area (Å²) in [4.78, 5) is 67.3. The van der Waals surface area contributed by atoms with E-state index in [0.29, 0.717) is 81.6 Å². The molecule has 4 aliphatic rings. The molecular weight excluding hydrogens is 931 g/mol. The van der Waals surface area contributed by atoms with Crippen molar-refractivity contribution in [3.8, 4) is 22.3 Å². The molecule has 4 fully saturated rings. The van der Waals surface area contributed by atoms with Crippen molar-refractivity contribution in [2.45, 2.75) is 79.7 Å². The van der Waals surface area contributed by atoms with Crippen LogP contribution >= 0.6 is 0 Å². The van der Waals surface area contributed by atoms with Gasteiger partial charge < -0.3 is 60.8 Å². The summed E-state index contributed by atoms with van der Waals surface area (Å²) in [5, 5.41) is 33.1. The molecule has 8 rings (SSSR count). The zero-order chi connectivity index (χ0) is 52.6. The van der Waals surface area contributed by atoms with Gasteiger partial charge in [-0.15, -0.1) is 0 Å². The lowest BCUT2D eigenvalue weighted by Crippen LogP contribution is -2.37. The molecule has 7 N–H and O–H groups in total. The van der Waals surface area contributed by atoms with Gasteiger partial charge in [-0.3, -0.25) is 4.79 Å². The third kappa shape index (κ3) is 15.9. The number of hydrogen-bond donors (Lipinski definition) is 6. The molecule has 4 aliphatic heterocycles. The number of amides is 4. The molecule has 0 unspecified atom stereocenters. The Hall–Kier alpha value is -6.18. The summed E-state index contributed by atoms with van der Waals surface area (Å²) >= 11 is 0. The Labute approximate surface area is 430 Å². The first-order valence-corrected chi connectivity index (χ1v) is 25.9. The van der Waals surface area contributed by atoms with E-state index < -0.39 is 5.97 Å². The number of aryl methyl sites for hydroxylation is 2. The molecule has 6 heterocycles. The summed E-state index contributed by atoms with van der Waals surface area (Å²) in [6, 6.07) is 18.7. The number of aliphatic hydroxyl groups excluding tert-OH is 2. The quantitative estimate of drug-likeness (QED) is 0.0670. The van der Waals surface area contributed by atoms with Crippen LogP contribution in [0.15, 0.2) is 60.7 Å². The van der Waals surface area contributed by atoms with Crippen LogP contribution in [0.1, 0.15) is 91.9 Å². The van der Waals surface area contributed by atoms with Crippen molar-refractivity contribution >= 4 is 46.8 Å². The Morgan fingerprint density at radius 2 is 1.08 bits per heavy atom. The van der Waals surface area contributed by atoms with Gasteiger partial charge in [-0.2, -0.15) is 0 Å². The lowest BCUT2D eigenvalue weighted by molar-refractivity contribution is 0.0690. The SMILES string of the molecule is CC[C@@H]1CCN(C(=O)Nc2ccc(C)c(-c3cc(C(=O)C[C@H](C)CO)nc(N4CCOCC4)c3)c2)C1.CC[C@@H]1CCN(C(=O)Nc2ccc(C)c(-c3cc(C(=O)O)nc(N4CCOCC4)c3)c2)C1.C[C@@H](N)CO. The van der Waals surface area contributed by atoms with E-state index >= 15 is 0 Å². The zero-order valence-electron chi connectivity index (χ0n) is 43.6. The second-order valence-corrected chi connectivity index (χ2v) is 19.7. The van der Waals surface area contributed by atoms with Gasteiger partial charge in [0.1, 0.15) is 17.3 Å². The Balaban J connectivity index is 0.000000219. The number of nitrogens with one attached hydrogen (secondary N) is 2. The molecule has 0 aliphatic carbocycles. The number of ether oxygens (including phenoxy) is 2. The number of nitrogens with zero attached hydrogens (tertiary/aromatic N) is 6. The number of carboxylic acids is 1. The normalized spacial score (nSPS) is 18.5. The number of nitrogens with two attached hydrogens (primary N) is 1. The number of likely N-dealkylation sites (tertiary alicyclic amines) is 2. The molecule has 0 saturated carbocycles. The van der Waals surface area contributed by atoms with Crippen molar-refractivity contribution in [2.24, 2.45) is 23.5 Å². The summed E-state index contributed by atoms with van der Waals surface area (Å²) < 4.78 is 10.9. The number of ketones is 1. The van der Waals surface area contributed by atoms with Gasteiger partial charge in [-0.1, -0.05) is 45.7 Å². The summed E-state index contributed by atoms with van der Waals surface area (Å²) in [7, 11) is 0. The number of morpholine rings is 2. The summed E-state index contributed by atoms with van der Waals surface area (Å²) in [6.07, 6.45) is 4.50.